The van der Waals surface area contributed by atoms with Crippen molar-refractivity contribution >= 4 is 16.6 Å². The highest BCUT2D eigenvalue weighted by Gasteiger charge is 2.19. The van der Waals surface area contributed by atoms with Crippen LogP contribution in [0.2, 0.25) is 0 Å². The fourth-order valence-corrected chi connectivity index (χ4v) is 3.37. The molecule has 1 aliphatic rings. The molecule has 1 N–H and O–H groups in total. The normalized spacial score (nSPS) is 15.9. The van der Waals surface area contributed by atoms with Crippen LogP contribution in [-0.2, 0) is 9.47 Å². The lowest BCUT2D eigenvalue weighted by atomic mass is 10.0. The summed E-state index contributed by atoms with van der Waals surface area (Å²) in [6, 6.07) is 13.9. The average Bonchev–Trinajstić information content (AvgIpc) is 3.27. The first-order valence-electron chi connectivity index (χ1n) is 9.71. The fourth-order valence-electron chi connectivity index (χ4n) is 3.37. The number of nitrogens with zero attached hydrogens (tertiary/aromatic N) is 2. The minimum absolute atomic E-state index is 0.143. The predicted molar refractivity (Wildman–Crippen MR) is 113 cm³/mol. The summed E-state index contributed by atoms with van der Waals surface area (Å²) < 4.78 is 16.7. The number of rotatable bonds is 7. The van der Waals surface area contributed by atoms with E-state index < -0.39 is 0 Å². The van der Waals surface area contributed by atoms with Crippen molar-refractivity contribution in [2.75, 3.05) is 31.9 Å². The maximum absolute atomic E-state index is 5.84. The van der Waals surface area contributed by atoms with E-state index in [1.807, 2.05) is 49.4 Å². The Kier molecular flexibility index (Phi) is 5.89. The van der Waals surface area contributed by atoms with Crippen LogP contribution in [0.15, 0.2) is 42.5 Å². The SMILES string of the molecule is C#Cc1ccc(-c2nnc(N[C@@H]3CCOC3)c3ccccc23)c(OCOCC)c1. The Bertz CT molecular complexity index is 1040. The van der Waals surface area contributed by atoms with Gasteiger partial charge in [-0.3, -0.25) is 0 Å². The van der Waals surface area contributed by atoms with E-state index in [4.69, 9.17) is 20.6 Å². The van der Waals surface area contributed by atoms with Crippen molar-refractivity contribution in [2.45, 2.75) is 19.4 Å². The largest absolute Gasteiger partial charge is 0.467 e. The molecule has 1 aliphatic heterocycles. The third-order valence-electron chi connectivity index (χ3n) is 4.86. The molecule has 0 spiro atoms. The first-order valence-corrected chi connectivity index (χ1v) is 9.71. The molecule has 29 heavy (non-hydrogen) atoms. The van der Waals surface area contributed by atoms with Crippen molar-refractivity contribution in [3.63, 3.8) is 0 Å². The van der Waals surface area contributed by atoms with E-state index in [1.54, 1.807) is 0 Å². The van der Waals surface area contributed by atoms with Crippen LogP contribution in [0.5, 0.6) is 5.75 Å². The summed E-state index contributed by atoms with van der Waals surface area (Å²) in [7, 11) is 0. The monoisotopic (exact) mass is 389 g/mol. The molecule has 0 aliphatic carbocycles. The van der Waals surface area contributed by atoms with Gasteiger partial charge in [0.05, 0.1) is 12.6 Å². The Morgan fingerprint density at radius 2 is 2.07 bits per heavy atom. The van der Waals surface area contributed by atoms with Gasteiger partial charge in [-0.15, -0.1) is 16.6 Å². The van der Waals surface area contributed by atoms with Crippen LogP contribution < -0.4 is 10.1 Å². The van der Waals surface area contributed by atoms with Crippen molar-refractivity contribution < 1.29 is 14.2 Å². The molecular formula is C23H23N3O3. The molecular weight excluding hydrogens is 366 g/mol. The fraction of sp³-hybridized carbons (Fsp3) is 0.304. The van der Waals surface area contributed by atoms with Gasteiger partial charge in [0.1, 0.15) is 11.4 Å². The zero-order valence-corrected chi connectivity index (χ0v) is 16.4. The molecule has 6 heteroatoms. The molecule has 0 saturated carbocycles. The van der Waals surface area contributed by atoms with Gasteiger partial charge in [0.2, 0.25) is 0 Å². The maximum Gasteiger partial charge on any atom is 0.189 e. The number of aromatic nitrogens is 2. The number of benzene rings is 2. The zero-order valence-electron chi connectivity index (χ0n) is 16.4. The minimum Gasteiger partial charge on any atom is -0.467 e. The highest BCUT2D eigenvalue weighted by molar-refractivity contribution is 6.01. The number of hydrogen-bond donors (Lipinski definition) is 1. The first kappa shape index (κ1) is 19.2. The second kappa shape index (κ2) is 8.91. The lowest BCUT2D eigenvalue weighted by Crippen LogP contribution is -2.20. The Morgan fingerprint density at radius 3 is 2.83 bits per heavy atom. The van der Waals surface area contributed by atoms with Gasteiger partial charge < -0.3 is 19.5 Å². The lowest BCUT2D eigenvalue weighted by Gasteiger charge is -2.16. The summed E-state index contributed by atoms with van der Waals surface area (Å²) in [4.78, 5) is 0. The van der Waals surface area contributed by atoms with Crippen LogP contribution >= 0.6 is 0 Å². The summed E-state index contributed by atoms with van der Waals surface area (Å²) in [5.41, 5.74) is 2.30. The second-order valence-corrected chi connectivity index (χ2v) is 6.76. The number of terminal acetylenes is 1. The van der Waals surface area contributed by atoms with E-state index in [0.29, 0.717) is 19.0 Å². The maximum atomic E-state index is 5.84. The lowest BCUT2D eigenvalue weighted by molar-refractivity contribution is 0.0227. The molecule has 0 radical (unpaired) electrons. The van der Waals surface area contributed by atoms with Crippen LogP contribution in [0, 0.1) is 12.3 Å². The Balaban J connectivity index is 1.77. The molecule has 148 valence electrons. The molecule has 1 saturated heterocycles. The molecule has 2 aromatic carbocycles. The Hall–Kier alpha value is -3.14. The van der Waals surface area contributed by atoms with E-state index in [0.717, 1.165) is 46.4 Å². The van der Waals surface area contributed by atoms with Crippen LogP contribution in [0.1, 0.15) is 18.9 Å². The molecule has 1 atom stereocenters. The van der Waals surface area contributed by atoms with Gasteiger partial charge >= 0.3 is 0 Å². The average molecular weight is 389 g/mol. The van der Waals surface area contributed by atoms with Gasteiger partial charge in [-0.25, -0.2) is 0 Å². The van der Waals surface area contributed by atoms with Crippen molar-refractivity contribution in [3.8, 4) is 29.4 Å². The van der Waals surface area contributed by atoms with E-state index in [9.17, 15) is 0 Å². The number of nitrogens with one attached hydrogen (secondary N) is 1. The molecule has 2 heterocycles. The van der Waals surface area contributed by atoms with Gasteiger partial charge in [-0.1, -0.05) is 30.2 Å². The molecule has 0 amide bonds. The van der Waals surface area contributed by atoms with Gasteiger partial charge in [0.15, 0.2) is 12.6 Å². The third-order valence-corrected chi connectivity index (χ3v) is 4.86. The molecule has 4 rings (SSSR count). The van der Waals surface area contributed by atoms with Crippen molar-refractivity contribution in [2.24, 2.45) is 0 Å². The zero-order chi connectivity index (χ0) is 20.1. The van der Waals surface area contributed by atoms with E-state index >= 15 is 0 Å². The van der Waals surface area contributed by atoms with E-state index in [1.165, 1.54) is 0 Å². The number of fused-ring (bicyclic) bond motifs is 1. The molecule has 6 nitrogen and oxygen atoms in total. The quantitative estimate of drug-likeness (QED) is 0.376. The summed E-state index contributed by atoms with van der Waals surface area (Å²) in [5.74, 6) is 4.03. The highest BCUT2D eigenvalue weighted by Crippen LogP contribution is 2.36. The molecule has 1 fully saturated rings. The predicted octanol–water partition coefficient (Wildman–Crippen LogP) is 3.85. The van der Waals surface area contributed by atoms with Gasteiger partial charge in [-0.05, 0) is 31.5 Å². The molecule has 0 bridgehead atoms. The van der Waals surface area contributed by atoms with Crippen LogP contribution in [-0.4, -0.2) is 42.9 Å². The third kappa shape index (κ3) is 4.16. The topological polar surface area (TPSA) is 65.5 Å². The van der Waals surface area contributed by atoms with Gasteiger partial charge in [0, 0.05) is 35.1 Å². The molecule has 3 aromatic rings. The summed E-state index contributed by atoms with van der Waals surface area (Å²) >= 11 is 0. The van der Waals surface area contributed by atoms with Crippen molar-refractivity contribution in [3.05, 3.63) is 48.0 Å². The summed E-state index contributed by atoms with van der Waals surface area (Å²) in [6.07, 6.45) is 6.53. The Labute approximate surface area is 170 Å². The number of ether oxygens (including phenoxy) is 3. The number of anilines is 1. The van der Waals surface area contributed by atoms with Crippen molar-refractivity contribution in [1.29, 1.82) is 0 Å². The number of hydrogen-bond acceptors (Lipinski definition) is 6. The standard InChI is InChI=1S/C23H23N3O3/c1-3-16-9-10-20(21(13-16)29-15-27-4-2)22-18-7-5-6-8-19(18)23(26-25-22)24-17-11-12-28-14-17/h1,5-10,13,17H,4,11-12,14-15H2,2H3,(H,24,26)/t17-/m1/s1. The highest BCUT2D eigenvalue weighted by atomic mass is 16.7. The first-order chi connectivity index (χ1) is 14.3. The summed E-state index contributed by atoms with van der Waals surface area (Å²) in [6.45, 7) is 4.08. The van der Waals surface area contributed by atoms with Gasteiger partial charge in [0.25, 0.3) is 0 Å². The van der Waals surface area contributed by atoms with Crippen molar-refractivity contribution in [1.82, 2.24) is 10.2 Å². The molecule has 1 aromatic heterocycles. The van der Waals surface area contributed by atoms with Crippen LogP contribution in [0.25, 0.3) is 22.0 Å². The smallest absolute Gasteiger partial charge is 0.189 e. The minimum atomic E-state index is 0.143. The Morgan fingerprint density at radius 1 is 1.21 bits per heavy atom. The molecule has 0 unspecified atom stereocenters. The van der Waals surface area contributed by atoms with E-state index in [2.05, 4.69) is 21.4 Å². The van der Waals surface area contributed by atoms with E-state index in [-0.39, 0.29) is 12.8 Å². The van der Waals surface area contributed by atoms with Crippen LogP contribution in [0.3, 0.4) is 0 Å². The summed E-state index contributed by atoms with van der Waals surface area (Å²) in [5, 5.41) is 14.5. The van der Waals surface area contributed by atoms with Gasteiger partial charge in [-0.2, -0.15) is 0 Å². The second-order valence-electron chi connectivity index (χ2n) is 6.76. The van der Waals surface area contributed by atoms with Crippen LogP contribution in [0.4, 0.5) is 5.82 Å².